The Kier molecular flexibility index (Phi) is 6.39. The van der Waals surface area contributed by atoms with Crippen LogP contribution < -0.4 is 20.1 Å². The number of para-hydroxylation sites is 1. The number of hydrogen-bond donors (Lipinski definition) is 2. The Labute approximate surface area is 186 Å². The Morgan fingerprint density at radius 1 is 1.03 bits per heavy atom. The van der Waals surface area contributed by atoms with Gasteiger partial charge in [0.15, 0.2) is 17.2 Å². The lowest BCUT2D eigenvalue weighted by atomic mass is 10.1. The molecule has 8 nitrogen and oxygen atoms in total. The fourth-order valence-corrected chi connectivity index (χ4v) is 3.37. The zero-order valence-corrected chi connectivity index (χ0v) is 18.1. The maximum Gasteiger partial charge on any atom is 0.271 e. The summed E-state index contributed by atoms with van der Waals surface area (Å²) in [4.78, 5) is 25.0. The molecule has 0 aliphatic heterocycles. The molecule has 2 amide bonds. The van der Waals surface area contributed by atoms with Crippen LogP contribution in [0.3, 0.4) is 0 Å². The minimum absolute atomic E-state index is 0.0394. The Balaban J connectivity index is 1.45. The van der Waals surface area contributed by atoms with Crippen molar-refractivity contribution in [2.75, 3.05) is 26.1 Å². The molecule has 1 saturated carbocycles. The molecule has 0 bridgehead atoms. The highest BCUT2D eigenvalue weighted by Crippen LogP contribution is 2.31. The molecule has 2 aromatic carbocycles. The lowest BCUT2D eigenvalue weighted by molar-refractivity contribution is -0.117. The second kappa shape index (κ2) is 9.55. The Bertz CT molecular complexity index is 1110. The number of methoxy groups -OCH3 is 2. The lowest BCUT2D eigenvalue weighted by Gasteiger charge is -2.09. The van der Waals surface area contributed by atoms with Crippen molar-refractivity contribution < 1.29 is 19.1 Å². The van der Waals surface area contributed by atoms with Crippen LogP contribution in [-0.2, 0) is 11.2 Å². The van der Waals surface area contributed by atoms with E-state index in [1.165, 1.54) is 0 Å². The number of nitrogens with one attached hydrogen (secondary N) is 2. The molecular weight excluding hydrogens is 408 g/mol. The molecule has 166 valence electrons. The van der Waals surface area contributed by atoms with Gasteiger partial charge in [-0.05, 0) is 49.1 Å². The summed E-state index contributed by atoms with van der Waals surface area (Å²) in [6, 6.07) is 16.7. The summed E-state index contributed by atoms with van der Waals surface area (Å²) in [7, 11) is 3.18. The Morgan fingerprint density at radius 2 is 1.78 bits per heavy atom. The van der Waals surface area contributed by atoms with Crippen LogP contribution in [0.15, 0.2) is 54.6 Å². The largest absolute Gasteiger partial charge is 0.493 e. The van der Waals surface area contributed by atoms with Gasteiger partial charge in [-0.1, -0.05) is 24.3 Å². The molecule has 1 fully saturated rings. The summed E-state index contributed by atoms with van der Waals surface area (Å²) < 4.78 is 12.2. The van der Waals surface area contributed by atoms with E-state index in [-0.39, 0.29) is 23.4 Å². The van der Waals surface area contributed by atoms with Crippen molar-refractivity contribution >= 4 is 17.6 Å². The number of nitrogens with zero attached hydrogens (tertiary/aromatic N) is 2. The highest BCUT2D eigenvalue weighted by molar-refractivity contribution is 5.97. The van der Waals surface area contributed by atoms with Gasteiger partial charge in [0.05, 0.1) is 19.9 Å². The monoisotopic (exact) mass is 434 g/mol. The summed E-state index contributed by atoms with van der Waals surface area (Å²) >= 11 is 0. The Morgan fingerprint density at radius 3 is 2.47 bits per heavy atom. The third-order valence-electron chi connectivity index (χ3n) is 5.29. The van der Waals surface area contributed by atoms with Crippen LogP contribution >= 0.6 is 0 Å². The second-order valence-corrected chi connectivity index (χ2v) is 7.62. The number of rotatable bonds is 9. The van der Waals surface area contributed by atoms with Crippen molar-refractivity contribution in [2.24, 2.45) is 5.92 Å². The highest BCUT2D eigenvalue weighted by atomic mass is 16.5. The van der Waals surface area contributed by atoms with Gasteiger partial charge < -0.3 is 20.1 Å². The third kappa shape index (κ3) is 4.91. The molecular formula is C24H26N4O4. The van der Waals surface area contributed by atoms with E-state index in [1.807, 2.05) is 48.5 Å². The van der Waals surface area contributed by atoms with Crippen LogP contribution in [0.5, 0.6) is 11.5 Å². The number of amides is 2. The average Bonchev–Trinajstić information content (AvgIpc) is 3.60. The van der Waals surface area contributed by atoms with Crippen LogP contribution in [0, 0.1) is 5.92 Å². The second-order valence-electron chi connectivity index (χ2n) is 7.62. The fraction of sp³-hybridized carbons (Fsp3) is 0.292. The van der Waals surface area contributed by atoms with E-state index in [4.69, 9.17) is 9.47 Å². The van der Waals surface area contributed by atoms with E-state index in [9.17, 15) is 9.59 Å². The van der Waals surface area contributed by atoms with E-state index >= 15 is 0 Å². The zero-order valence-electron chi connectivity index (χ0n) is 18.1. The molecule has 1 heterocycles. The quantitative estimate of drug-likeness (QED) is 0.539. The van der Waals surface area contributed by atoms with Crippen molar-refractivity contribution in [3.05, 3.63) is 65.9 Å². The SMILES string of the molecule is COc1ccc(CCNC(=O)c2cc(NC(=O)C3CC3)n(-c3ccccc3)n2)cc1OC. The first-order valence-electron chi connectivity index (χ1n) is 10.5. The molecule has 1 aliphatic carbocycles. The molecule has 0 spiro atoms. The molecule has 1 aliphatic rings. The van der Waals surface area contributed by atoms with Crippen molar-refractivity contribution in [1.29, 1.82) is 0 Å². The number of carbonyl (C=O) groups is 2. The van der Waals surface area contributed by atoms with Gasteiger partial charge in [-0.15, -0.1) is 0 Å². The van der Waals surface area contributed by atoms with Crippen LogP contribution in [0.4, 0.5) is 5.82 Å². The van der Waals surface area contributed by atoms with Crippen LogP contribution in [0.2, 0.25) is 0 Å². The van der Waals surface area contributed by atoms with Crippen LogP contribution in [0.1, 0.15) is 28.9 Å². The predicted octanol–water partition coefficient (Wildman–Crippen LogP) is 3.21. The number of hydrogen-bond acceptors (Lipinski definition) is 5. The van der Waals surface area contributed by atoms with Gasteiger partial charge in [0.2, 0.25) is 5.91 Å². The maximum absolute atomic E-state index is 12.7. The summed E-state index contributed by atoms with van der Waals surface area (Å²) in [5.74, 6) is 1.50. The molecule has 2 N–H and O–H groups in total. The number of anilines is 1. The topological polar surface area (TPSA) is 94.5 Å². The highest BCUT2D eigenvalue weighted by Gasteiger charge is 2.30. The van der Waals surface area contributed by atoms with Gasteiger partial charge in [0.25, 0.3) is 5.91 Å². The van der Waals surface area contributed by atoms with Gasteiger partial charge in [-0.3, -0.25) is 9.59 Å². The lowest BCUT2D eigenvalue weighted by Crippen LogP contribution is -2.26. The minimum Gasteiger partial charge on any atom is -0.493 e. The molecule has 1 aromatic heterocycles. The summed E-state index contributed by atoms with van der Waals surface area (Å²) in [5, 5.41) is 10.2. The number of aromatic nitrogens is 2. The molecule has 32 heavy (non-hydrogen) atoms. The molecule has 0 atom stereocenters. The van der Waals surface area contributed by atoms with E-state index in [2.05, 4.69) is 15.7 Å². The molecule has 3 aromatic rings. The summed E-state index contributed by atoms with van der Waals surface area (Å²) in [6.45, 7) is 0.427. The van der Waals surface area contributed by atoms with Gasteiger partial charge in [-0.25, -0.2) is 4.68 Å². The van der Waals surface area contributed by atoms with Gasteiger partial charge in [-0.2, -0.15) is 5.10 Å². The van der Waals surface area contributed by atoms with Crippen molar-refractivity contribution in [3.63, 3.8) is 0 Å². The fourth-order valence-electron chi connectivity index (χ4n) is 3.37. The van der Waals surface area contributed by atoms with Gasteiger partial charge >= 0.3 is 0 Å². The predicted molar refractivity (Wildman–Crippen MR) is 121 cm³/mol. The van der Waals surface area contributed by atoms with E-state index in [0.717, 1.165) is 24.1 Å². The van der Waals surface area contributed by atoms with Crippen molar-refractivity contribution in [2.45, 2.75) is 19.3 Å². The minimum atomic E-state index is -0.304. The molecule has 8 heteroatoms. The summed E-state index contributed by atoms with van der Waals surface area (Å²) in [6.07, 6.45) is 2.42. The van der Waals surface area contributed by atoms with E-state index in [0.29, 0.717) is 30.3 Å². The van der Waals surface area contributed by atoms with Crippen LogP contribution in [0.25, 0.3) is 5.69 Å². The maximum atomic E-state index is 12.7. The van der Waals surface area contributed by atoms with Crippen LogP contribution in [-0.4, -0.2) is 42.4 Å². The molecule has 4 rings (SSSR count). The number of benzene rings is 2. The molecule has 0 radical (unpaired) electrons. The molecule has 0 saturated heterocycles. The smallest absolute Gasteiger partial charge is 0.271 e. The first-order chi connectivity index (χ1) is 15.6. The first-order valence-corrected chi connectivity index (χ1v) is 10.5. The first kappa shape index (κ1) is 21.4. The zero-order chi connectivity index (χ0) is 22.5. The van der Waals surface area contributed by atoms with E-state index in [1.54, 1.807) is 25.0 Å². The molecule has 0 unspecified atom stereocenters. The normalized spacial score (nSPS) is 12.8. The van der Waals surface area contributed by atoms with Gasteiger partial charge in [0, 0.05) is 18.5 Å². The number of carbonyl (C=O) groups excluding carboxylic acids is 2. The average molecular weight is 434 g/mol. The number of ether oxygens (including phenoxy) is 2. The standard InChI is InChI=1S/C24H26N4O4/c1-31-20-11-8-16(14-21(20)32-2)12-13-25-24(30)19-15-22(26-23(29)17-9-10-17)28(27-19)18-6-4-3-5-7-18/h3-8,11,14-15,17H,9-10,12-13H2,1-2H3,(H,25,30)(H,26,29). The summed E-state index contributed by atoms with van der Waals surface area (Å²) in [5.41, 5.74) is 2.02. The Hall–Kier alpha value is -3.81. The third-order valence-corrected chi connectivity index (χ3v) is 5.29. The van der Waals surface area contributed by atoms with Crippen molar-refractivity contribution in [1.82, 2.24) is 15.1 Å². The van der Waals surface area contributed by atoms with Gasteiger partial charge in [0.1, 0.15) is 5.82 Å². The van der Waals surface area contributed by atoms with E-state index < -0.39 is 0 Å². The van der Waals surface area contributed by atoms with Crippen molar-refractivity contribution in [3.8, 4) is 17.2 Å².